The third-order valence-electron chi connectivity index (χ3n) is 5.08. The number of ether oxygens (including phenoxy) is 1. The van der Waals surface area contributed by atoms with Crippen molar-refractivity contribution in [3.8, 4) is 0 Å². The van der Waals surface area contributed by atoms with E-state index in [2.05, 4.69) is 20.3 Å². The summed E-state index contributed by atoms with van der Waals surface area (Å²) in [7, 11) is 0. The molecule has 1 saturated heterocycles. The van der Waals surface area contributed by atoms with Gasteiger partial charge in [-0.2, -0.15) is 5.10 Å². The zero-order chi connectivity index (χ0) is 18.6. The number of hydrogen-bond donors (Lipinski definition) is 1. The molecule has 144 valence electrons. The van der Waals surface area contributed by atoms with Crippen LogP contribution in [0.1, 0.15) is 36.1 Å². The first-order valence-corrected chi connectivity index (χ1v) is 9.63. The summed E-state index contributed by atoms with van der Waals surface area (Å²) in [6.45, 7) is 5.60. The number of fused-ring (bicyclic) bond motifs is 1. The Labute approximate surface area is 158 Å². The van der Waals surface area contributed by atoms with E-state index in [4.69, 9.17) is 9.72 Å². The molecule has 0 spiro atoms. The molecule has 1 amide bonds. The molecule has 2 aromatic rings. The minimum atomic E-state index is 0.0681. The summed E-state index contributed by atoms with van der Waals surface area (Å²) in [5, 5.41) is 7.39. The number of aromatic nitrogens is 4. The lowest BCUT2D eigenvalue weighted by atomic mass is 10.1. The van der Waals surface area contributed by atoms with E-state index in [-0.39, 0.29) is 11.9 Å². The highest BCUT2D eigenvalue weighted by Gasteiger charge is 2.24. The highest BCUT2D eigenvalue weighted by Crippen LogP contribution is 2.20. The van der Waals surface area contributed by atoms with Crippen molar-refractivity contribution < 1.29 is 9.53 Å². The van der Waals surface area contributed by atoms with Crippen molar-refractivity contribution in [2.24, 2.45) is 0 Å². The highest BCUT2D eigenvalue weighted by molar-refractivity contribution is 5.76. The Bertz CT molecular complexity index is 805. The van der Waals surface area contributed by atoms with E-state index >= 15 is 0 Å². The van der Waals surface area contributed by atoms with Crippen molar-refractivity contribution in [1.82, 2.24) is 25.1 Å². The summed E-state index contributed by atoms with van der Waals surface area (Å²) in [6.07, 6.45) is 8.92. The number of nitrogens with zero attached hydrogens (tertiary/aromatic N) is 5. The van der Waals surface area contributed by atoms with E-state index in [0.717, 1.165) is 61.7 Å². The Morgan fingerprint density at radius 2 is 2.33 bits per heavy atom. The van der Waals surface area contributed by atoms with Crippen LogP contribution in [0.3, 0.4) is 0 Å². The third-order valence-corrected chi connectivity index (χ3v) is 5.08. The molecule has 0 aliphatic carbocycles. The number of carbonyl (C=O) groups excluding carboxylic acids is 1. The van der Waals surface area contributed by atoms with Gasteiger partial charge >= 0.3 is 0 Å². The first kappa shape index (κ1) is 17.9. The SMILES string of the molecule is Cc1cnn(CCC(=O)N[C@@H]2CCCN(c3ncc4c(n3)CCOC4)C2)c1. The van der Waals surface area contributed by atoms with Crippen molar-refractivity contribution >= 4 is 11.9 Å². The molecular weight excluding hydrogens is 344 g/mol. The van der Waals surface area contributed by atoms with Crippen LogP contribution in [0.15, 0.2) is 18.6 Å². The highest BCUT2D eigenvalue weighted by atomic mass is 16.5. The topological polar surface area (TPSA) is 85.2 Å². The lowest BCUT2D eigenvalue weighted by Gasteiger charge is -2.33. The average molecular weight is 370 g/mol. The molecule has 2 aromatic heterocycles. The molecule has 1 fully saturated rings. The summed E-state index contributed by atoms with van der Waals surface area (Å²) in [5.41, 5.74) is 3.28. The monoisotopic (exact) mass is 370 g/mol. The Morgan fingerprint density at radius 1 is 1.41 bits per heavy atom. The molecule has 8 nitrogen and oxygen atoms in total. The normalized spacial score (nSPS) is 19.6. The number of hydrogen-bond acceptors (Lipinski definition) is 6. The number of anilines is 1. The van der Waals surface area contributed by atoms with E-state index < -0.39 is 0 Å². The molecule has 2 aliphatic heterocycles. The molecule has 8 heteroatoms. The van der Waals surface area contributed by atoms with E-state index in [9.17, 15) is 4.79 Å². The average Bonchev–Trinajstić information content (AvgIpc) is 3.11. The summed E-state index contributed by atoms with van der Waals surface area (Å²) < 4.78 is 7.26. The number of aryl methyl sites for hydroxylation is 2. The van der Waals surface area contributed by atoms with Gasteiger partial charge in [0.1, 0.15) is 0 Å². The maximum absolute atomic E-state index is 12.3. The molecule has 4 rings (SSSR count). The number of carbonyl (C=O) groups is 1. The van der Waals surface area contributed by atoms with E-state index in [0.29, 0.717) is 19.6 Å². The van der Waals surface area contributed by atoms with Gasteiger partial charge in [0.05, 0.1) is 25.1 Å². The Morgan fingerprint density at radius 3 is 3.19 bits per heavy atom. The van der Waals surface area contributed by atoms with Crippen LogP contribution in [0.5, 0.6) is 0 Å². The maximum Gasteiger partial charge on any atom is 0.225 e. The molecule has 2 aliphatic rings. The van der Waals surface area contributed by atoms with Crippen LogP contribution in [-0.2, 0) is 29.1 Å². The van der Waals surface area contributed by atoms with Crippen molar-refractivity contribution in [2.75, 3.05) is 24.6 Å². The Hall–Kier alpha value is -2.48. The predicted molar refractivity (Wildman–Crippen MR) is 100 cm³/mol. The van der Waals surface area contributed by atoms with Crippen molar-refractivity contribution in [3.63, 3.8) is 0 Å². The van der Waals surface area contributed by atoms with Gasteiger partial charge in [-0.1, -0.05) is 0 Å². The lowest BCUT2D eigenvalue weighted by Crippen LogP contribution is -2.48. The quantitative estimate of drug-likeness (QED) is 0.852. The van der Waals surface area contributed by atoms with Gasteiger partial charge in [-0.05, 0) is 25.3 Å². The summed E-state index contributed by atoms with van der Waals surface area (Å²) in [6, 6.07) is 0.133. The standard InChI is InChI=1S/C19H26N6O2/c1-14-9-21-25(11-14)7-4-18(26)22-16-3-2-6-24(12-16)19-20-10-15-13-27-8-5-17(15)23-19/h9-11,16H,2-8,12-13H2,1H3,(H,22,26)/t16-/m1/s1. The Balaban J connectivity index is 1.32. The van der Waals surface area contributed by atoms with Crippen LogP contribution in [0, 0.1) is 6.92 Å². The molecule has 1 N–H and O–H groups in total. The molecule has 0 unspecified atom stereocenters. The fourth-order valence-electron chi connectivity index (χ4n) is 3.65. The Kier molecular flexibility index (Phi) is 5.33. The molecule has 0 radical (unpaired) electrons. The van der Waals surface area contributed by atoms with E-state index in [1.807, 2.05) is 30.2 Å². The molecular formula is C19H26N6O2. The number of amides is 1. The van der Waals surface area contributed by atoms with Crippen LogP contribution >= 0.6 is 0 Å². The van der Waals surface area contributed by atoms with Gasteiger partial charge in [0.2, 0.25) is 11.9 Å². The summed E-state index contributed by atoms with van der Waals surface area (Å²) >= 11 is 0. The first-order valence-electron chi connectivity index (χ1n) is 9.63. The first-order chi connectivity index (χ1) is 13.2. The van der Waals surface area contributed by atoms with Crippen molar-refractivity contribution in [1.29, 1.82) is 0 Å². The minimum absolute atomic E-state index is 0.0681. The lowest BCUT2D eigenvalue weighted by molar-refractivity contribution is -0.122. The second-order valence-electron chi connectivity index (χ2n) is 7.33. The predicted octanol–water partition coefficient (Wildman–Crippen LogP) is 1.23. The van der Waals surface area contributed by atoms with Crippen LogP contribution in [0.25, 0.3) is 0 Å². The van der Waals surface area contributed by atoms with Gasteiger partial charge in [-0.25, -0.2) is 9.97 Å². The third kappa shape index (κ3) is 4.44. The van der Waals surface area contributed by atoms with Gasteiger partial charge in [-0.15, -0.1) is 0 Å². The summed E-state index contributed by atoms with van der Waals surface area (Å²) in [5.74, 6) is 0.833. The van der Waals surface area contributed by atoms with E-state index in [1.165, 1.54) is 0 Å². The summed E-state index contributed by atoms with van der Waals surface area (Å²) in [4.78, 5) is 23.7. The minimum Gasteiger partial charge on any atom is -0.376 e. The molecule has 0 aromatic carbocycles. The zero-order valence-electron chi connectivity index (χ0n) is 15.7. The number of nitrogens with one attached hydrogen (secondary N) is 1. The van der Waals surface area contributed by atoms with Gasteiger partial charge < -0.3 is 15.0 Å². The second-order valence-corrected chi connectivity index (χ2v) is 7.33. The van der Waals surface area contributed by atoms with Crippen LogP contribution in [-0.4, -0.2) is 51.4 Å². The largest absolute Gasteiger partial charge is 0.376 e. The van der Waals surface area contributed by atoms with Crippen molar-refractivity contribution in [2.45, 2.75) is 51.8 Å². The van der Waals surface area contributed by atoms with Gasteiger partial charge in [0, 0.05) is 56.5 Å². The molecule has 4 heterocycles. The molecule has 27 heavy (non-hydrogen) atoms. The fourth-order valence-corrected chi connectivity index (χ4v) is 3.65. The van der Waals surface area contributed by atoms with Crippen LogP contribution in [0.2, 0.25) is 0 Å². The van der Waals surface area contributed by atoms with Crippen LogP contribution < -0.4 is 10.2 Å². The molecule has 0 bridgehead atoms. The molecule has 1 atom stereocenters. The second kappa shape index (κ2) is 8.04. The molecule has 0 saturated carbocycles. The van der Waals surface area contributed by atoms with Crippen molar-refractivity contribution in [3.05, 3.63) is 35.4 Å². The smallest absolute Gasteiger partial charge is 0.225 e. The zero-order valence-corrected chi connectivity index (χ0v) is 15.7. The number of piperidine rings is 1. The fraction of sp³-hybridized carbons (Fsp3) is 0.579. The van der Waals surface area contributed by atoms with Gasteiger partial charge in [0.25, 0.3) is 0 Å². The van der Waals surface area contributed by atoms with E-state index in [1.54, 1.807) is 0 Å². The van der Waals surface area contributed by atoms with Gasteiger partial charge in [0.15, 0.2) is 0 Å². The maximum atomic E-state index is 12.3. The van der Waals surface area contributed by atoms with Gasteiger partial charge in [-0.3, -0.25) is 9.48 Å². The number of rotatable bonds is 5. The van der Waals surface area contributed by atoms with Crippen LogP contribution in [0.4, 0.5) is 5.95 Å².